The second kappa shape index (κ2) is 5.56. The molecule has 2 amide bonds. The zero-order valence-corrected chi connectivity index (χ0v) is 13.5. The van der Waals surface area contributed by atoms with E-state index in [1.54, 1.807) is 11.8 Å². The van der Waals surface area contributed by atoms with Gasteiger partial charge in [0.15, 0.2) is 0 Å². The molecule has 4 nitrogen and oxygen atoms in total. The summed E-state index contributed by atoms with van der Waals surface area (Å²) in [6.45, 7) is 5.92. The first-order chi connectivity index (χ1) is 9.38. The molecule has 1 aliphatic heterocycles. The van der Waals surface area contributed by atoms with Crippen LogP contribution in [-0.2, 0) is 16.1 Å². The lowest BCUT2D eigenvalue weighted by molar-refractivity contribution is -0.157. The summed E-state index contributed by atoms with van der Waals surface area (Å²) in [6, 6.07) is 7.34. The monoisotopic (exact) mass is 338 g/mol. The molecule has 1 aromatic carbocycles. The van der Waals surface area contributed by atoms with Gasteiger partial charge in [0.25, 0.3) is 0 Å². The first kappa shape index (κ1) is 15.0. The number of rotatable bonds is 3. The fourth-order valence-electron chi connectivity index (χ4n) is 2.44. The number of benzene rings is 1. The summed E-state index contributed by atoms with van der Waals surface area (Å²) in [5.41, 5.74) is 0.223. The standard InChI is InChI=1S/C15H19BrN2O2/c1-4-15(3)14(20)17-10(2)13(19)18(15)9-11-6-5-7-12(16)8-11/h5-8,10H,4,9H2,1-3H3,(H,17,20). The lowest BCUT2D eigenvalue weighted by Crippen LogP contribution is -2.68. The molecule has 0 aromatic heterocycles. The average molecular weight is 339 g/mol. The Morgan fingerprint density at radius 1 is 1.40 bits per heavy atom. The van der Waals surface area contributed by atoms with E-state index in [2.05, 4.69) is 21.2 Å². The van der Waals surface area contributed by atoms with Gasteiger partial charge in [-0.2, -0.15) is 0 Å². The highest BCUT2D eigenvalue weighted by Crippen LogP contribution is 2.27. The maximum atomic E-state index is 12.4. The second-order valence-electron chi connectivity index (χ2n) is 5.38. The van der Waals surface area contributed by atoms with Gasteiger partial charge in [-0.1, -0.05) is 35.0 Å². The molecule has 1 fully saturated rings. The average Bonchev–Trinajstić information content (AvgIpc) is 2.41. The maximum Gasteiger partial charge on any atom is 0.246 e. The minimum atomic E-state index is -0.786. The number of amides is 2. The predicted octanol–water partition coefficient (Wildman–Crippen LogP) is 2.46. The Balaban J connectivity index is 2.34. The number of nitrogens with one attached hydrogen (secondary N) is 1. The van der Waals surface area contributed by atoms with Crippen LogP contribution in [0.3, 0.4) is 0 Å². The fourth-order valence-corrected chi connectivity index (χ4v) is 2.88. The van der Waals surface area contributed by atoms with E-state index < -0.39 is 11.6 Å². The van der Waals surface area contributed by atoms with Gasteiger partial charge in [0.2, 0.25) is 11.8 Å². The van der Waals surface area contributed by atoms with Crippen LogP contribution in [0.15, 0.2) is 28.7 Å². The van der Waals surface area contributed by atoms with Crippen molar-refractivity contribution in [2.75, 3.05) is 0 Å². The van der Waals surface area contributed by atoms with Gasteiger partial charge in [-0.05, 0) is 38.0 Å². The molecule has 0 spiro atoms. The number of piperazine rings is 1. The third kappa shape index (κ3) is 2.59. The number of carbonyl (C=O) groups excluding carboxylic acids is 2. The third-order valence-electron chi connectivity index (χ3n) is 3.99. The van der Waals surface area contributed by atoms with Crippen LogP contribution in [0.4, 0.5) is 0 Å². The van der Waals surface area contributed by atoms with Gasteiger partial charge in [-0.3, -0.25) is 9.59 Å². The van der Waals surface area contributed by atoms with Crippen molar-refractivity contribution in [2.24, 2.45) is 0 Å². The highest BCUT2D eigenvalue weighted by Gasteiger charge is 2.46. The SMILES string of the molecule is CCC1(C)C(=O)NC(C)C(=O)N1Cc1cccc(Br)c1. The summed E-state index contributed by atoms with van der Waals surface area (Å²) in [5, 5.41) is 2.76. The Morgan fingerprint density at radius 3 is 2.70 bits per heavy atom. The van der Waals surface area contributed by atoms with E-state index in [0.717, 1.165) is 10.0 Å². The molecule has 20 heavy (non-hydrogen) atoms. The first-order valence-corrected chi connectivity index (χ1v) is 7.54. The first-order valence-electron chi connectivity index (χ1n) is 6.75. The van der Waals surface area contributed by atoms with E-state index in [0.29, 0.717) is 13.0 Å². The molecule has 2 rings (SSSR count). The highest BCUT2D eigenvalue weighted by atomic mass is 79.9. The quantitative estimate of drug-likeness (QED) is 0.920. The van der Waals surface area contributed by atoms with Gasteiger partial charge in [0, 0.05) is 11.0 Å². The van der Waals surface area contributed by atoms with Crippen LogP contribution in [0.2, 0.25) is 0 Å². The fraction of sp³-hybridized carbons (Fsp3) is 0.467. The molecule has 0 aliphatic carbocycles. The van der Waals surface area contributed by atoms with Gasteiger partial charge < -0.3 is 10.2 Å². The summed E-state index contributed by atoms with van der Waals surface area (Å²) in [5.74, 6) is -0.115. The van der Waals surface area contributed by atoms with E-state index in [1.807, 2.05) is 38.1 Å². The normalized spacial score (nSPS) is 26.6. The molecule has 1 aromatic rings. The predicted molar refractivity (Wildman–Crippen MR) is 81.0 cm³/mol. The lowest BCUT2D eigenvalue weighted by atomic mass is 9.90. The van der Waals surface area contributed by atoms with E-state index in [-0.39, 0.29) is 11.8 Å². The third-order valence-corrected chi connectivity index (χ3v) is 4.48. The Kier molecular flexibility index (Phi) is 4.18. The van der Waals surface area contributed by atoms with Crippen LogP contribution >= 0.6 is 15.9 Å². The van der Waals surface area contributed by atoms with Crippen molar-refractivity contribution in [1.82, 2.24) is 10.2 Å². The van der Waals surface area contributed by atoms with E-state index in [9.17, 15) is 9.59 Å². The number of nitrogens with zero attached hydrogens (tertiary/aromatic N) is 1. The van der Waals surface area contributed by atoms with Crippen molar-refractivity contribution in [2.45, 2.75) is 45.3 Å². The largest absolute Gasteiger partial charge is 0.343 e. The smallest absolute Gasteiger partial charge is 0.246 e. The molecule has 5 heteroatoms. The van der Waals surface area contributed by atoms with Crippen LogP contribution in [0, 0.1) is 0 Å². The van der Waals surface area contributed by atoms with Crippen molar-refractivity contribution in [3.63, 3.8) is 0 Å². The summed E-state index contributed by atoms with van der Waals surface area (Å²) >= 11 is 3.43. The van der Waals surface area contributed by atoms with Crippen LogP contribution in [0.25, 0.3) is 0 Å². The van der Waals surface area contributed by atoms with Crippen molar-refractivity contribution >= 4 is 27.7 Å². The number of halogens is 1. The van der Waals surface area contributed by atoms with Crippen molar-refractivity contribution in [1.29, 1.82) is 0 Å². The van der Waals surface area contributed by atoms with Crippen molar-refractivity contribution in [3.05, 3.63) is 34.3 Å². The van der Waals surface area contributed by atoms with Crippen LogP contribution < -0.4 is 5.32 Å². The summed E-state index contributed by atoms with van der Waals surface area (Å²) in [4.78, 5) is 26.4. The maximum absolute atomic E-state index is 12.4. The molecule has 2 unspecified atom stereocenters. The Hall–Kier alpha value is -1.36. The zero-order chi connectivity index (χ0) is 14.9. The molecule has 0 radical (unpaired) electrons. The Bertz CT molecular complexity index is 546. The number of hydrogen-bond acceptors (Lipinski definition) is 2. The highest BCUT2D eigenvalue weighted by molar-refractivity contribution is 9.10. The number of hydrogen-bond donors (Lipinski definition) is 1. The van der Waals surface area contributed by atoms with Gasteiger partial charge in [0.05, 0.1) is 0 Å². The molecular formula is C15H19BrN2O2. The topological polar surface area (TPSA) is 49.4 Å². The van der Waals surface area contributed by atoms with Gasteiger partial charge in [-0.25, -0.2) is 0 Å². The molecule has 1 saturated heterocycles. The summed E-state index contributed by atoms with van der Waals surface area (Å²) < 4.78 is 0.968. The molecule has 0 bridgehead atoms. The van der Waals surface area contributed by atoms with Gasteiger partial charge in [-0.15, -0.1) is 0 Å². The van der Waals surface area contributed by atoms with E-state index in [4.69, 9.17) is 0 Å². The van der Waals surface area contributed by atoms with E-state index in [1.165, 1.54) is 0 Å². The van der Waals surface area contributed by atoms with Gasteiger partial charge in [0.1, 0.15) is 11.6 Å². The molecule has 2 atom stereocenters. The van der Waals surface area contributed by atoms with Crippen molar-refractivity contribution < 1.29 is 9.59 Å². The van der Waals surface area contributed by atoms with Crippen LogP contribution in [0.5, 0.6) is 0 Å². The van der Waals surface area contributed by atoms with Crippen LogP contribution in [-0.4, -0.2) is 28.3 Å². The molecule has 1 aliphatic rings. The zero-order valence-electron chi connectivity index (χ0n) is 11.9. The van der Waals surface area contributed by atoms with Gasteiger partial charge >= 0.3 is 0 Å². The Labute approximate surface area is 127 Å². The Morgan fingerprint density at radius 2 is 2.10 bits per heavy atom. The molecule has 108 valence electrons. The second-order valence-corrected chi connectivity index (χ2v) is 6.29. The summed E-state index contributed by atoms with van der Waals surface area (Å²) in [6.07, 6.45) is 0.589. The molecule has 1 N–H and O–H groups in total. The number of carbonyl (C=O) groups is 2. The lowest BCUT2D eigenvalue weighted by Gasteiger charge is -2.45. The summed E-state index contributed by atoms with van der Waals surface area (Å²) in [7, 11) is 0. The van der Waals surface area contributed by atoms with E-state index >= 15 is 0 Å². The minimum absolute atomic E-state index is 0.0334. The van der Waals surface area contributed by atoms with Crippen molar-refractivity contribution in [3.8, 4) is 0 Å². The minimum Gasteiger partial charge on any atom is -0.343 e. The molecular weight excluding hydrogens is 320 g/mol. The molecule has 1 heterocycles. The van der Waals surface area contributed by atoms with Crippen LogP contribution in [0.1, 0.15) is 32.8 Å². The molecule has 0 saturated carbocycles.